The summed E-state index contributed by atoms with van der Waals surface area (Å²) in [5.41, 5.74) is 0.0669. The lowest BCUT2D eigenvalue weighted by Crippen LogP contribution is -2.31. The van der Waals surface area contributed by atoms with E-state index in [1.54, 1.807) is 0 Å². The molecule has 0 fully saturated rings. The van der Waals surface area contributed by atoms with Gasteiger partial charge in [0.1, 0.15) is 0 Å². The molecule has 0 aliphatic rings. The number of alkyl halides is 1. The van der Waals surface area contributed by atoms with Crippen LogP contribution in [0.15, 0.2) is 0 Å². The number of rotatable bonds is 4. The van der Waals surface area contributed by atoms with Crippen LogP contribution in [0.1, 0.15) is 26.7 Å². The van der Waals surface area contributed by atoms with Gasteiger partial charge in [0, 0.05) is 4.43 Å². The third-order valence-corrected chi connectivity index (χ3v) is 3.57. The summed E-state index contributed by atoms with van der Waals surface area (Å²) in [7, 11) is 3.10. The predicted molar refractivity (Wildman–Crippen MR) is 49.0 cm³/mol. The SMILES string of the molecule is CCC(CC)(CI)O[Si]. The minimum absolute atomic E-state index is 0.0669. The van der Waals surface area contributed by atoms with Crippen LogP contribution >= 0.6 is 22.6 Å². The Labute approximate surface area is 74.2 Å². The Bertz CT molecular complexity index is 55.9. The fraction of sp³-hybridized carbons (Fsp3) is 1.00. The Balaban J connectivity index is 3.82. The minimum atomic E-state index is 0.0669. The van der Waals surface area contributed by atoms with Crippen molar-refractivity contribution in [1.82, 2.24) is 0 Å². The van der Waals surface area contributed by atoms with E-state index in [2.05, 4.69) is 46.9 Å². The van der Waals surface area contributed by atoms with E-state index in [-0.39, 0.29) is 5.60 Å². The molecule has 0 N–H and O–H groups in total. The molecule has 0 rings (SSSR count). The lowest BCUT2D eigenvalue weighted by molar-refractivity contribution is 0.101. The Kier molecular flexibility index (Phi) is 5.15. The molecule has 1 nitrogen and oxygen atoms in total. The van der Waals surface area contributed by atoms with Crippen molar-refractivity contribution < 1.29 is 4.43 Å². The van der Waals surface area contributed by atoms with Gasteiger partial charge in [0.25, 0.3) is 0 Å². The van der Waals surface area contributed by atoms with Gasteiger partial charge < -0.3 is 4.43 Å². The largest absolute Gasteiger partial charge is 0.412 e. The fourth-order valence-electron chi connectivity index (χ4n) is 0.611. The zero-order chi connectivity index (χ0) is 7.33. The second-order valence-electron chi connectivity index (χ2n) is 2.13. The Morgan fingerprint density at radius 2 is 1.89 bits per heavy atom. The zero-order valence-corrected chi connectivity index (χ0v) is 9.07. The lowest BCUT2D eigenvalue weighted by Gasteiger charge is -2.27. The molecule has 0 unspecified atom stereocenters. The molecule has 0 saturated carbocycles. The van der Waals surface area contributed by atoms with Crippen molar-refractivity contribution >= 4 is 33.1 Å². The maximum Gasteiger partial charge on any atom is 0.247 e. The topological polar surface area (TPSA) is 9.23 Å². The van der Waals surface area contributed by atoms with Gasteiger partial charge in [0.2, 0.25) is 10.5 Å². The Hall–Kier alpha value is 0.907. The van der Waals surface area contributed by atoms with Gasteiger partial charge in [-0.2, -0.15) is 0 Å². The van der Waals surface area contributed by atoms with Gasteiger partial charge in [-0.1, -0.05) is 36.4 Å². The van der Waals surface area contributed by atoms with Gasteiger partial charge in [-0.15, -0.1) is 0 Å². The highest BCUT2D eigenvalue weighted by atomic mass is 127. The molecule has 0 amide bonds. The van der Waals surface area contributed by atoms with E-state index in [9.17, 15) is 0 Å². The summed E-state index contributed by atoms with van der Waals surface area (Å²) in [4.78, 5) is 0. The molecule has 53 valence electrons. The van der Waals surface area contributed by atoms with Crippen molar-refractivity contribution in [1.29, 1.82) is 0 Å². The monoisotopic (exact) mass is 255 g/mol. The second-order valence-corrected chi connectivity index (χ2v) is 3.09. The first kappa shape index (κ1) is 9.91. The quantitative estimate of drug-likeness (QED) is 0.424. The maximum absolute atomic E-state index is 5.18. The first-order chi connectivity index (χ1) is 4.24. The molecule has 0 saturated heterocycles. The summed E-state index contributed by atoms with van der Waals surface area (Å²) >= 11 is 2.35. The van der Waals surface area contributed by atoms with Crippen LogP contribution in [0.2, 0.25) is 0 Å². The second kappa shape index (κ2) is 4.68. The van der Waals surface area contributed by atoms with Crippen molar-refractivity contribution in [2.24, 2.45) is 0 Å². The molecule has 9 heavy (non-hydrogen) atoms. The summed E-state index contributed by atoms with van der Waals surface area (Å²) in [5.74, 6) is 0. The van der Waals surface area contributed by atoms with Gasteiger partial charge in [-0.25, -0.2) is 0 Å². The van der Waals surface area contributed by atoms with Crippen LogP contribution in [-0.2, 0) is 4.43 Å². The van der Waals surface area contributed by atoms with Gasteiger partial charge in [-0.05, 0) is 12.8 Å². The van der Waals surface area contributed by atoms with Gasteiger partial charge >= 0.3 is 0 Å². The van der Waals surface area contributed by atoms with Crippen LogP contribution in [0, 0.1) is 0 Å². The highest BCUT2D eigenvalue weighted by Gasteiger charge is 2.22. The molecule has 0 aromatic heterocycles. The smallest absolute Gasteiger partial charge is 0.247 e. The van der Waals surface area contributed by atoms with Crippen LogP contribution in [0.5, 0.6) is 0 Å². The minimum Gasteiger partial charge on any atom is -0.412 e. The van der Waals surface area contributed by atoms with Crippen molar-refractivity contribution in [3.63, 3.8) is 0 Å². The molecule has 0 atom stereocenters. The molecule has 0 bridgehead atoms. The van der Waals surface area contributed by atoms with Crippen LogP contribution in [0.25, 0.3) is 0 Å². The first-order valence-electron chi connectivity index (χ1n) is 3.15. The molecular formula is C6H12IOSi. The average Bonchev–Trinajstić information content (AvgIpc) is 1.95. The van der Waals surface area contributed by atoms with E-state index in [0.717, 1.165) is 17.3 Å². The number of hydrogen-bond acceptors (Lipinski definition) is 1. The Morgan fingerprint density at radius 3 is 1.89 bits per heavy atom. The van der Waals surface area contributed by atoms with E-state index in [1.165, 1.54) is 0 Å². The summed E-state index contributed by atoms with van der Waals surface area (Å²) in [5, 5.41) is 0. The van der Waals surface area contributed by atoms with Gasteiger partial charge in [0.05, 0.1) is 5.60 Å². The summed E-state index contributed by atoms with van der Waals surface area (Å²) in [6.07, 6.45) is 2.13. The van der Waals surface area contributed by atoms with Crippen molar-refractivity contribution in [3.05, 3.63) is 0 Å². The standard InChI is InChI=1S/C6H12IOSi/c1-3-6(4-2,5-7)8-9/h3-5H2,1-2H3. The van der Waals surface area contributed by atoms with Gasteiger partial charge in [-0.3, -0.25) is 0 Å². The molecule has 0 aromatic carbocycles. The van der Waals surface area contributed by atoms with Crippen LogP contribution in [0.3, 0.4) is 0 Å². The van der Waals surface area contributed by atoms with Crippen LogP contribution < -0.4 is 0 Å². The highest BCUT2D eigenvalue weighted by Crippen LogP contribution is 2.21. The van der Waals surface area contributed by atoms with Crippen molar-refractivity contribution in [2.45, 2.75) is 32.3 Å². The van der Waals surface area contributed by atoms with Crippen LogP contribution in [-0.4, -0.2) is 20.5 Å². The summed E-state index contributed by atoms with van der Waals surface area (Å²) < 4.78 is 6.23. The molecule has 0 aliphatic carbocycles. The number of halogens is 1. The molecule has 0 spiro atoms. The molecule has 0 heterocycles. The van der Waals surface area contributed by atoms with Crippen molar-refractivity contribution in [2.75, 3.05) is 4.43 Å². The highest BCUT2D eigenvalue weighted by molar-refractivity contribution is 14.1. The number of hydrogen-bond donors (Lipinski definition) is 0. The van der Waals surface area contributed by atoms with E-state index >= 15 is 0 Å². The molecule has 0 aliphatic heterocycles. The Morgan fingerprint density at radius 1 is 1.44 bits per heavy atom. The van der Waals surface area contributed by atoms with Crippen LogP contribution in [0.4, 0.5) is 0 Å². The summed E-state index contributed by atoms with van der Waals surface area (Å²) in [6.45, 7) is 4.28. The average molecular weight is 255 g/mol. The molecular weight excluding hydrogens is 243 g/mol. The van der Waals surface area contributed by atoms with E-state index in [4.69, 9.17) is 4.43 Å². The predicted octanol–water partition coefficient (Wildman–Crippen LogP) is 2.08. The zero-order valence-electron chi connectivity index (χ0n) is 5.91. The van der Waals surface area contributed by atoms with Crippen molar-refractivity contribution in [3.8, 4) is 0 Å². The van der Waals surface area contributed by atoms with Gasteiger partial charge in [0.15, 0.2) is 0 Å². The fourth-order valence-corrected chi connectivity index (χ4v) is 2.50. The van der Waals surface area contributed by atoms with E-state index in [0.29, 0.717) is 0 Å². The molecule has 3 radical (unpaired) electrons. The maximum atomic E-state index is 5.18. The molecule has 0 aromatic rings. The van der Waals surface area contributed by atoms with E-state index in [1.807, 2.05) is 0 Å². The summed E-state index contributed by atoms with van der Waals surface area (Å²) in [6, 6.07) is 0. The third-order valence-electron chi connectivity index (χ3n) is 1.75. The third kappa shape index (κ3) is 2.55. The normalized spacial score (nSPS) is 12.0. The van der Waals surface area contributed by atoms with E-state index < -0.39 is 0 Å². The lowest BCUT2D eigenvalue weighted by atomic mass is 10.0. The first-order valence-corrected chi connectivity index (χ1v) is 5.08. The molecule has 3 heteroatoms.